The van der Waals surface area contributed by atoms with Gasteiger partial charge < -0.3 is 24.2 Å². The largest absolute Gasteiger partial charge is 0.507 e. The van der Waals surface area contributed by atoms with Crippen molar-refractivity contribution in [3.63, 3.8) is 0 Å². The highest BCUT2D eigenvalue weighted by molar-refractivity contribution is 6.47. The Kier molecular flexibility index (Phi) is 8.04. The number of aliphatic hydroxyl groups excluding tert-OH is 1. The normalized spacial score (nSPS) is 16.6. The summed E-state index contributed by atoms with van der Waals surface area (Å²) in [5.74, 6) is -0.184. The Labute approximate surface area is 220 Å². The number of ether oxygens (including phenoxy) is 3. The number of nitrogens with zero attached hydrogens (tertiary/aromatic N) is 1. The fourth-order valence-electron chi connectivity index (χ4n) is 4.41. The van der Waals surface area contributed by atoms with Crippen LogP contribution in [0.5, 0.6) is 17.2 Å². The van der Waals surface area contributed by atoms with Crippen LogP contribution in [0.4, 0.5) is 0 Å². The number of halogens is 1. The summed E-state index contributed by atoms with van der Waals surface area (Å²) in [7, 11) is 1.55. The van der Waals surface area contributed by atoms with Crippen LogP contribution in [0.3, 0.4) is 0 Å². The SMILES string of the molecule is CCOc1ccc(C2/C(=C(\O)c3cc(OCC)ccc3Cl)C(=O)C(=O)N2Cc2ccccc2OC)cc1. The third kappa shape index (κ3) is 5.27. The van der Waals surface area contributed by atoms with Crippen molar-refractivity contribution in [1.82, 2.24) is 4.90 Å². The third-order valence-electron chi connectivity index (χ3n) is 6.08. The first-order valence-corrected chi connectivity index (χ1v) is 12.3. The van der Waals surface area contributed by atoms with Crippen LogP contribution < -0.4 is 14.2 Å². The second kappa shape index (κ2) is 11.4. The molecule has 192 valence electrons. The minimum atomic E-state index is -0.868. The van der Waals surface area contributed by atoms with Crippen molar-refractivity contribution in [2.75, 3.05) is 20.3 Å². The van der Waals surface area contributed by atoms with Crippen LogP contribution >= 0.6 is 11.6 Å². The zero-order valence-corrected chi connectivity index (χ0v) is 21.6. The van der Waals surface area contributed by atoms with Crippen LogP contribution in [0.25, 0.3) is 5.76 Å². The van der Waals surface area contributed by atoms with E-state index in [2.05, 4.69) is 0 Å². The molecule has 0 aromatic heterocycles. The van der Waals surface area contributed by atoms with E-state index in [1.165, 1.54) is 4.90 Å². The minimum absolute atomic E-state index is 0.0559. The van der Waals surface area contributed by atoms with E-state index in [4.69, 9.17) is 25.8 Å². The lowest BCUT2D eigenvalue weighted by molar-refractivity contribution is -0.140. The Balaban J connectivity index is 1.87. The van der Waals surface area contributed by atoms with E-state index < -0.39 is 17.7 Å². The summed E-state index contributed by atoms with van der Waals surface area (Å²) in [6.07, 6.45) is 0. The van der Waals surface area contributed by atoms with Crippen molar-refractivity contribution in [2.24, 2.45) is 0 Å². The van der Waals surface area contributed by atoms with Crippen molar-refractivity contribution in [3.8, 4) is 17.2 Å². The van der Waals surface area contributed by atoms with Gasteiger partial charge in [-0.05, 0) is 55.8 Å². The average molecular weight is 522 g/mol. The zero-order chi connectivity index (χ0) is 26.5. The van der Waals surface area contributed by atoms with Crippen LogP contribution in [0.1, 0.15) is 36.6 Å². The first-order valence-electron chi connectivity index (χ1n) is 11.9. The van der Waals surface area contributed by atoms with E-state index in [0.29, 0.717) is 36.0 Å². The summed E-state index contributed by atoms with van der Waals surface area (Å²) in [5, 5.41) is 11.7. The first kappa shape index (κ1) is 26.1. The van der Waals surface area contributed by atoms with Crippen LogP contribution in [0.2, 0.25) is 5.02 Å². The molecule has 7 nitrogen and oxygen atoms in total. The molecule has 1 fully saturated rings. The molecule has 8 heteroatoms. The topological polar surface area (TPSA) is 85.3 Å². The molecule has 3 aromatic carbocycles. The lowest BCUT2D eigenvalue weighted by Gasteiger charge is -2.26. The number of carbonyl (C=O) groups is 2. The Morgan fingerprint density at radius 1 is 0.946 bits per heavy atom. The van der Waals surface area contributed by atoms with Crippen LogP contribution in [-0.4, -0.2) is 42.0 Å². The monoisotopic (exact) mass is 521 g/mol. The lowest BCUT2D eigenvalue weighted by atomic mass is 9.95. The van der Waals surface area contributed by atoms with Crippen LogP contribution in [0.15, 0.2) is 72.3 Å². The van der Waals surface area contributed by atoms with Gasteiger partial charge in [0.15, 0.2) is 0 Å². The second-order valence-corrected chi connectivity index (χ2v) is 8.72. The number of benzene rings is 3. The van der Waals surface area contributed by atoms with Gasteiger partial charge in [-0.15, -0.1) is 0 Å². The molecular formula is C29H28ClNO6. The molecule has 1 unspecified atom stereocenters. The first-order chi connectivity index (χ1) is 17.9. The molecule has 1 aliphatic heterocycles. The molecule has 0 aliphatic carbocycles. The summed E-state index contributed by atoms with van der Waals surface area (Å²) in [6.45, 7) is 4.73. The number of Topliss-reactive ketones (excluding diaryl/α,β-unsaturated/α-hetero) is 1. The maximum Gasteiger partial charge on any atom is 0.295 e. The van der Waals surface area contributed by atoms with Crippen molar-refractivity contribution in [3.05, 3.63) is 94.0 Å². The number of likely N-dealkylation sites (tertiary alicyclic amines) is 1. The predicted octanol–water partition coefficient (Wildman–Crippen LogP) is 5.77. The van der Waals surface area contributed by atoms with Crippen LogP contribution in [0, 0.1) is 0 Å². The quantitative estimate of drug-likeness (QED) is 0.219. The standard InChI is InChI=1S/C29H28ClNO6/c1-4-36-20-12-10-18(11-13-20)26-25(27(32)22-16-21(37-5-2)14-15-23(22)30)28(33)29(34)31(26)17-19-8-6-7-9-24(19)35-3/h6-16,26,32H,4-5,17H2,1-3H3/b27-25+. The van der Waals surface area contributed by atoms with Gasteiger partial charge in [0.25, 0.3) is 11.7 Å². The molecule has 1 aliphatic rings. The maximum absolute atomic E-state index is 13.4. The number of carbonyl (C=O) groups excluding carboxylic acids is 2. The summed E-state index contributed by atoms with van der Waals surface area (Å²) < 4.78 is 16.6. The molecule has 0 spiro atoms. The van der Waals surface area contributed by atoms with E-state index >= 15 is 0 Å². The smallest absolute Gasteiger partial charge is 0.295 e. The summed E-state index contributed by atoms with van der Waals surface area (Å²) in [6, 6.07) is 18.3. The Hall–Kier alpha value is -3.97. The Morgan fingerprint density at radius 2 is 1.59 bits per heavy atom. The summed E-state index contributed by atoms with van der Waals surface area (Å²) in [5.41, 5.74) is 1.51. The van der Waals surface area contributed by atoms with Crippen molar-refractivity contribution < 1.29 is 28.9 Å². The molecule has 3 aromatic rings. The number of methoxy groups -OCH3 is 1. The van der Waals surface area contributed by atoms with Crippen molar-refractivity contribution >= 4 is 29.1 Å². The van der Waals surface area contributed by atoms with E-state index in [9.17, 15) is 14.7 Å². The number of hydrogen-bond acceptors (Lipinski definition) is 6. The van der Waals surface area contributed by atoms with E-state index in [1.807, 2.05) is 32.0 Å². The highest BCUT2D eigenvalue weighted by Gasteiger charge is 2.46. The van der Waals surface area contributed by atoms with Gasteiger partial charge in [0.2, 0.25) is 0 Å². The minimum Gasteiger partial charge on any atom is -0.507 e. The maximum atomic E-state index is 13.4. The number of ketones is 1. The summed E-state index contributed by atoms with van der Waals surface area (Å²) >= 11 is 6.42. The third-order valence-corrected chi connectivity index (χ3v) is 6.41. The van der Waals surface area contributed by atoms with E-state index in [-0.39, 0.29) is 28.5 Å². The molecule has 0 saturated carbocycles. The highest BCUT2D eigenvalue weighted by Crippen LogP contribution is 2.42. The fraction of sp³-hybridized carbons (Fsp3) is 0.241. The Bertz CT molecular complexity index is 1330. The molecule has 1 saturated heterocycles. The number of hydrogen-bond donors (Lipinski definition) is 1. The second-order valence-electron chi connectivity index (χ2n) is 8.32. The molecular weight excluding hydrogens is 494 g/mol. The van der Waals surface area contributed by atoms with Gasteiger partial charge in [-0.1, -0.05) is 41.9 Å². The zero-order valence-electron chi connectivity index (χ0n) is 20.9. The summed E-state index contributed by atoms with van der Waals surface area (Å²) in [4.78, 5) is 28.2. The number of rotatable bonds is 9. The van der Waals surface area contributed by atoms with Crippen molar-refractivity contribution in [1.29, 1.82) is 0 Å². The molecule has 1 N–H and O–H groups in total. The average Bonchev–Trinajstić information content (AvgIpc) is 3.15. The molecule has 0 bridgehead atoms. The van der Waals surface area contributed by atoms with Crippen molar-refractivity contribution in [2.45, 2.75) is 26.4 Å². The highest BCUT2D eigenvalue weighted by atomic mass is 35.5. The van der Waals surface area contributed by atoms with Gasteiger partial charge >= 0.3 is 0 Å². The molecule has 0 radical (unpaired) electrons. The van der Waals surface area contributed by atoms with E-state index in [1.54, 1.807) is 55.6 Å². The number of aliphatic hydroxyl groups is 1. The van der Waals surface area contributed by atoms with Gasteiger partial charge in [0.1, 0.15) is 23.0 Å². The number of amides is 1. The molecule has 1 atom stereocenters. The van der Waals surface area contributed by atoms with E-state index in [0.717, 1.165) is 5.56 Å². The van der Waals surface area contributed by atoms with Gasteiger partial charge in [-0.2, -0.15) is 0 Å². The fourth-order valence-corrected chi connectivity index (χ4v) is 4.61. The van der Waals surface area contributed by atoms with Gasteiger partial charge in [-0.3, -0.25) is 9.59 Å². The van der Waals surface area contributed by atoms with Gasteiger partial charge in [0, 0.05) is 11.1 Å². The van der Waals surface area contributed by atoms with Gasteiger partial charge in [0.05, 0.1) is 43.5 Å². The lowest BCUT2D eigenvalue weighted by Crippen LogP contribution is -2.29. The molecule has 4 rings (SSSR count). The van der Waals surface area contributed by atoms with Gasteiger partial charge in [-0.25, -0.2) is 0 Å². The number of para-hydroxylation sites is 1. The molecule has 1 heterocycles. The molecule has 1 amide bonds. The molecule has 37 heavy (non-hydrogen) atoms. The van der Waals surface area contributed by atoms with Crippen LogP contribution in [-0.2, 0) is 16.1 Å². The Morgan fingerprint density at radius 3 is 2.27 bits per heavy atom. The predicted molar refractivity (Wildman–Crippen MR) is 141 cm³/mol.